The molecule has 3 nitrogen and oxygen atoms in total. The maximum Gasteiger partial charge on any atom is 0.182 e. The summed E-state index contributed by atoms with van der Waals surface area (Å²) >= 11 is 7.22. The highest BCUT2D eigenvalue weighted by atomic mass is 32.2. The SMILES string of the molecule is CCc1cccc2c(C(=O)[C@@H](SC(=S)N3CCCC3)c3ccccc3)c[nH]c12. The molecule has 1 fully saturated rings. The Morgan fingerprint density at radius 3 is 2.61 bits per heavy atom. The first kappa shape index (κ1) is 19.2. The molecule has 144 valence electrons. The van der Waals surface area contributed by atoms with Crippen molar-refractivity contribution in [1.29, 1.82) is 0 Å². The van der Waals surface area contributed by atoms with Crippen LogP contribution in [0.5, 0.6) is 0 Å². The number of para-hydroxylation sites is 1. The highest BCUT2D eigenvalue weighted by molar-refractivity contribution is 8.23. The molecule has 0 radical (unpaired) electrons. The number of aromatic nitrogens is 1. The predicted octanol–water partition coefficient (Wildman–Crippen LogP) is 5.77. The summed E-state index contributed by atoms with van der Waals surface area (Å²) in [4.78, 5) is 19.2. The van der Waals surface area contributed by atoms with Crippen LogP contribution >= 0.6 is 24.0 Å². The standard InChI is InChI=1S/C23H24N2OS2/c1-2-16-11-8-12-18-19(15-24-20(16)18)21(26)22(17-9-4-3-5-10-17)28-23(27)25-13-6-7-14-25/h3-5,8-12,15,22,24H,2,6-7,13-14H2,1H3/t22-/m0/s1. The van der Waals surface area contributed by atoms with Crippen molar-refractivity contribution >= 4 is 45.0 Å². The highest BCUT2D eigenvalue weighted by Gasteiger charge is 2.28. The summed E-state index contributed by atoms with van der Waals surface area (Å²) in [6.45, 7) is 4.12. The van der Waals surface area contributed by atoms with E-state index in [0.29, 0.717) is 0 Å². The second-order valence-corrected chi connectivity index (χ2v) is 8.87. The molecule has 3 aromatic rings. The monoisotopic (exact) mass is 408 g/mol. The molecule has 4 rings (SSSR count). The lowest BCUT2D eigenvalue weighted by molar-refractivity contribution is 0.0991. The van der Waals surface area contributed by atoms with E-state index in [2.05, 4.69) is 22.9 Å². The van der Waals surface area contributed by atoms with Gasteiger partial charge < -0.3 is 9.88 Å². The van der Waals surface area contributed by atoms with Crippen LogP contribution in [0, 0.1) is 0 Å². The van der Waals surface area contributed by atoms with Crippen LogP contribution in [0.3, 0.4) is 0 Å². The molecule has 5 heteroatoms. The zero-order valence-electron chi connectivity index (χ0n) is 16.0. The minimum Gasteiger partial charge on any atom is -0.360 e. The summed E-state index contributed by atoms with van der Waals surface area (Å²) in [6.07, 6.45) is 5.14. The highest BCUT2D eigenvalue weighted by Crippen LogP contribution is 2.37. The number of benzene rings is 2. The molecule has 0 amide bonds. The molecule has 0 spiro atoms. The van der Waals surface area contributed by atoms with Crippen molar-refractivity contribution in [2.45, 2.75) is 31.4 Å². The van der Waals surface area contributed by atoms with Crippen molar-refractivity contribution < 1.29 is 4.79 Å². The summed E-state index contributed by atoms with van der Waals surface area (Å²) in [5.74, 6) is 0.109. The Hall–Kier alpha value is -2.11. The van der Waals surface area contributed by atoms with Gasteiger partial charge >= 0.3 is 0 Å². The maximum atomic E-state index is 13.7. The third kappa shape index (κ3) is 3.74. The van der Waals surface area contributed by atoms with Crippen LogP contribution in [0.2, 0.25) is 0 Å². The number of thiocarbonyl (C=S) groups is 1. The fraction of sp³-hybridized carbons (Fsp3) is 0.304. The minimum absolute atomic E-state index is 0.109. The molecular weight excluding hydrogens is 384 g/mol. The molecular formula is C23H24N2OS2. The van der Waals surface area contributed by atoms with E-state index in [9.17, 15) is 4.79 Å². The number of carbonyl (C=O) groups is 1. The fourth-order valence-corrected chi connectivity index (χ4v) is 5.36. The van der Waals surface area contributed by atoms with Crippen LogP contribution in [0.25, 0.3) is 10.9 Å². The zero-order chi connectivity index (χ0) is 19.5. The number of fused-ring (bicyclic) bond motifs is 1. The van der Waals surface area contributed by atoms with Gasteiger partial charge in [-0.25, -0.2) is 0 Å². The molecule has 0 saturated carbocycles. The van der Waals surface area contributed by atoms with Gasteiger partial charge in [0, 0.05) is 35.8 Å². The molecule has 1 saturated heterocycles. The maximum absolute atomic E-state index is 13.7. The molecule has 1 atom stereocenters. The number of aromatic amines is 1. The lowest BCUT2D eigenvalue weighted by Crippen LogP contribution is -2.25. The van der Waals surface area contributed by atoms with Crippen LogP contribution in [0.15, 0.2) is 54.7 Å². The largest absolute Gasteiger partial charge is 0.360 e. The minimum atomic E-state index is -0.335. The Morgan fingerprint density at radius 2 is 1.89 bits per heavy atom. The van der Waals surface area contributed by atoms with Gasteiger partial charge in [-0.05, 0) is 30.4 Å². The zero-order valence-corrected chi connectivity index (χ0v) is 17.6. The van der Waals surface area contributed by atoms with E-state index in [-0.39, 0.29) is 11.0 Å². The Kier molecular flexibility index (Phi) is 5.83. The number of hydrogen-bond donors (Lipinski definition) is 1. The molecule has 1 aromatic heterocycles. The lowest BCUT2D eigenvalue weighted by Gasteiger charge is -2.22. The Bertz CT molecular complexity index is 990. The van der Waals surface area contributed by atoms with Crippen molar-refractivity contribution in [3.05, 3.63) is 71.4 Å². The normalized spacial score (nSPS) is 15.1. The Morgan fingerprint density at radius 1 is 1.14 bits per heavy atom. The Balaban J connectivity index is 1.70. The van der Waals surface area contributed by atoms with Crippen molar-refractivity contribution in [3.8, 4) is 0 Å². The van der Waals surface area contributed by atoms with E-state index in [1.54, 1.807) is 0 Å². The number of nitrogens with one attached hydrogen (secondary N) is 1. The summed E-state index contributed by atoms with van der Waals surface area (Å²) in [5, 5.41) is 0.663. The number of hydrogen-bond acceptors (Lipinski definition) is 3. The second kappa shape index (κ2) is 8.50. The molecule has 1 N–H and O–H groups in total. The molecule has 0 bridgehead atoms. The quantitative estimate of drug-likeness (QED) is 0.429. The second-order valence-electron chi connectivity index (χ2n) is 7.13. The first-order valence-corrected chi connectivity index (χ1v) is 11.1. The Labute approximate surface area is 175 Å². The number of carbonyl (C=O) groups excluding carboxylic acids is 1. The third-order valence-electron chi connectivity index (χ3n) is 5.37. The number of H-pyrrole nitrogens is 1. The van der Waals surface area contributed by atoms with Gasteiger partial charge in [-0.2, -0.15) is 0 Å². The van der Waals surface area contributed by atoms with E-state index in [4.69, 9.17) is 12.2 Å². The van der Waals surface area contributed by atoms with Gasteiger partial charge in [0.1, 0.15) is 4.32 Å². The van der Waals surface area contributed by atoms with Crippen LogP contribution < -0.4 is 0 Å². The van der Waals surface area contributed by atoms with Crippen LogP contribution in [-0.2, 0) is 6.42 Å². The van der Waals surface area contributed by atoms with E-state index in [1.165, 1.54) is 30.2 Å². The van der Waals surface area contributed by atoms with Crippen LogP contribution in [0.4, 0.5) is 0 Å². The van der Waals surface area contributed by atoms with Crippen LogP contribution in [-0.4, -0.2) is 33.1 Å². The van der Waals surface area contributed by atoms with Gasteiger partial charge in [-0.15, -0.1) is 0 Å². The third-order valence-corrected chi connectivity index (χ3v) is 7.10. The van der Waals surface area contributed by atoms with Gasteiger partial charge in [0.25, 0.3) is 0 Å². The summed E-state index contributed by atoms with van der Waals surface area (Å²) < 4.78 is 0.828. The molecule has 2 aromatic carbocycles. The number of rotatable bonds is 5. The first-order chi connectivity index (χ1) is 13.7. The smallest absolute Gasteiger partial charge is 0.182 e. The van der Waals surface area contributed by atoms with Crippen molar-refractivity contribution in [2.24, 2.45) is 0 Å². The van der Waals surface area contributed by atoms with E-state index in [0.717, 1.165) is 45.9 Å². The number of Topliss-reactive ketones (excluding diaryl/α,β-unsaturated/α-hetero) is 1. The van der Waals surface area contributed by atoms with Crippen molar-refractivity contribution in [3.63, 3.8) is 0 Å². The van der Waals surface area contributed by atoms with Gasteiger partial charge in [0.05, 0.1) is 5.25 Å². The summed E-state index contributed by atoms with van der Waals surface area (Å²) in [7, 11) is 0. The predicted molar refractivity (Wildman–Crippen MR) is 122 cm³/mol. The molecule has 1 aliphatic heterocycles. The lowest BCUT2D eigenvalue weighted by atomic mass is 10.0. The van der Waals surface area contributed by atoms with Gasteiger partial charge in [-0.1, -0.05) is 79.4 Å². The van der Waals surface area contributed by atoms with Crippen molar-refractivity contribution in [2.75, 3.05) is 13.1 Å². The topological polar surface area (TPSA) is 36.1 Å². The molecule has 2 heterocycles. The number of thioether (sulfide) groups is 1. The van der Waals surface area contributed by atoms with Gasteiger partial charge in [0.15, 0.2) is 5.78 Å². The number of likely N-dealkylation sites (tertiary alicyclic amines) is 1. The number of aryl methyl sites for hydroxylation is 1. The van der Waals surface area contributed by atoms with Gasteiger partial charge in [-0.3, -0.25) is 4.79 Å². The number of ketones is 1. The molecule has 1 aliphatic rings. The van der Waals surface area contributed by atoms with E-state index in [1.807, 2.05) is 48.7 Å². The fourth-order valence-electron chi connectivity index (χ4n) is 3.83. The first-order valence-electron chi connectivity index (χ1n) is 9.82. The molecule has 0 aliphatic carbocycles. The average molecular weight is 409 g/mol. The summed E-state index contributed by atoms with van der Waals surface area (Å²) in [6, 6.07) is 16.2. The van der Waals surface area contributed by atoms with Crippen LogP contribution in [0.1, 0.15) is 46.5 Å². The van der Waals surface area contributed by atoms with Crippen molar-refractivity contribution in [1.82, 2.24) is 9.88 Å². The molecule has 0 unspecified atom stereocenters. The molecule has 28 heavy (non-hydrogen) atoms. The number of nitrogens with zero attached hydrogens (tertiary/aromatic N) is 1. The van der Waals surface area contributed by atoms with E-state index >= 15 is 0 Å². The van der Waals surface area contributed by atoms with Gasteiger partial charge in [0.2, 0.25) is 0 Å². The summed E-state index contributed by atoms with van der Waals surface area (Å²) in [5.41, 5.74) is 4.04. The average Bonchev–Trinajstić information content (AvgIpc) is 3.42. The van der Waals surface area contributed by atoms with E-state index < -0.39 is 0 Å².